The predicted octanol–water partition coefficient (Wildman–Crippen LogP) is 2.99. The van der Waals surface area contributed by atoms with Gasteiger partial charge in [-0.05, 0) is 43.0 Å². The van der Waals surface area contributed by atoms with E-state index in [1.54, 1.807) is 23.1 Å². The summed E-state index contributed by atoms with van der Waals surface area (Å²) < 4.78 is 0. The number of carboxylic acid groups (broad SMARTS) is 1. The molecule has 5 nitrogen and oxygen atoms in total. The van der Waals surface area contributed by atoms with E-state index in [4.69, 9.17) is 5.11 Å². The van der Waals surface area contributed by atoms with Gasteiger partial charge >= 0.3 is 12.0 Å². The van der Waals surface area contributed by atoms with E-state index in [-0.39, 0.29) is 11.6 Å². The molecule has 1 heterocycles. The number of rotatable bonds is 5. The molecule has 1 aromatic rings. The maximum Gasteiger partial charge on any atom is 0.335 e. The van der Waals surface area contributed by atoms with Gasteiger partial charge in [-0.3, -0.25) is 4.90 Å². The summed E-state index contributed by atoms with van der Waals surface area (Å²) >= 11 is 0. The van der Waals surface area contributed by atoms with Gasteiger partial charge in [0.15, 0.2) is 0 Å². The van der Waals surface area contributed by atoms with Crippen LogP contribution in [0.5, 0.6) is 0 Å². The monoisotopic (exact) mass is 290 g/mol. The summed E-state index contributed by atoms with van der Waals surface area (Å²) in [4.78, 5) is 27.3. The first-order valence-corrected chi connectivity index (χ1v) is 7.51. The Kier molecular flexibility index (Phi) is 4.83. The molecule has 21 heavy (non-hydrogen) atoms. The molecule has 5 heteroatoms. The number of nitrogens with zero attached hydrogens (tertiary/aromatic N) is 2. The molecule has 0 bridgehead atoms. The standard InChI is InChI=1S/C16H22N2O3/c1-3-8-17(9-4-2)16(21)18-10-7-12-11-13(15(19)20)5-6-14(12)18/h5-6,11H,3-4,7-10H2,1-2H3,(H,19,20). The normalized spacial score (nSPS) is 13.1. The van der Waals surface area contributed by atoms with Crippen molar-refractivity contribution >= 4 is 17.7 Å². The van der Waals surface area contributed by atoms with Crippen LogP contribution >= 0.6 is 0 Å². The van der Waals surface area contributed by atoms with Crippen molar-refractivity contribution in [3.05, 3.63) is 29.3 Å². The fourth-order valence-corrected chi connectivity index (χ4v) is 2.75. The molecule has 1 N–H and O–H groups in total. The van der Waals surface area contributed by atoms with Gasteiger partial charge in [-0.1, -0.05) is 13.8 Å². The van der Waals surface area contributed by atoms with Crippen molar-refractivity contribution in [1.82, 2.24) is 4.90 Å². The highest BCUT2D eigenvalue weighted by molar-refractivity contribution is 5.96. The summed E-state index contributed by atoms with van der Waals surface area (Å²) in [5.74, 6) is -0.929. The second-order valence-electron chi connectivity index (χ2n) is 5.32. The SMILES string of the molecule is CCCN(CCC)C(=O)N1CCc2cc(C(=O)O)ccc21. The third-order valence-electron chi connectivity index (χ3n) is 3.71. The lowest BCUT2D eigenvalue weighted by atomic mass is 10.1. The number of carbonyl (C=O) groups is 2. The molecule has 2 amide bonds. The predicted molar refractivity (Wildman–Crippen MR) is 82.0 cm³/mol. The number of anilines is 1. The minimum absolute atomic E-state index is 0.0283. The van der Waals surface area contributed by atoms with Crippen LogP contribution in [0.25, 0.3) is 0 Å². The van der Waals surface area contributed by atoms with E-state index >= 15 is 0 Å². The van der Waals surface area contributed by atoms with Crippen molar-refractivity contribution in [2.45, 2.75) is 33.1 Å². The largest absolute Gasteiger partial charge is 0.478 e. The lowest BCUT2D eigenvalue weighted by Gasteiger charge is -2.28. The molecule has 0 spiro atoms. The topological polar surface area (TPSA) is 60.9 Å². The van der Waals surface area contributed by atoms with Gasteiger partial charge in [0.05, 0.1) is 5.56 Å². The van der Waals surface area contributed by atoms with E-state index in [0.717, 1.165) is 37.2 Å². The molecule has 0 aliphatic carbocycles. The van der Waals surface area contributed by atoms with E-state index in [9.17, 15) is 9.59 Å². The average Bonchev–Trinajstić information content (AvgIpc) is 2.89. The molecule has 2 rings (SSSR count). The number of carbonyl (C=O) groups excluding carboxylic acids is 1. The zero-order valence-electron chi connectivity index (χ0n) is 12.6. The zero-order chi connectivity index (χ0) is 15.4. The molecular weight excluding hydrogens is 268 g/mol. The minimum Gasteiger partial charge on any atom is -0.478 e. The molecule has 1 aliphatic heterocycles. The first kappa shape index (κ1) is 15.4. The van der Waals surface area contributed by atoms with Crippen LogP contribution in [0.4, 0.5) is 10.5 Å². The third kappa shape index (κ3) is 3.17. The van der Waals surface area contributed by atoms with Gasteiger partial charge in [-0.15, -0.1) is 0 Å². The Labute approximate surface area is 125 Å². The highest BCUT2D eigenvalue weighted by Crippen LogP contribution is 2.29. The fraction of sp³-hybridized carbons (Fsp3) is 0.500. The van der Waals surface area contributed by atoms with E-state index in [0.29, 0.717) is 13.0 Å². The van der Waals surface area contributed by atoms with Crippen LogP contribution in [0.1, 0.15) is 42.6 Å². The van der Waals surface area contributed by atoms with Gasteiger partial charge in [0.2, 0.25) is 0 Å². The van der Waals surface area contributed by atoms with Crippen LogP contribution < -0.4 is 4.90 Å². The lowest BCUT2D eigenvalue weighted by Crippen LogP contribution is -2.43. The summed E-state index contributed by atoms with van der Waals surface area (Å²) in [6, 6.07) is 5.02. The second-order valence-corrected chi connectivity index (χ2v) is 5.32. The van der Waals surface area contributed by atoms with Crippen molar-refractivity contribution in [1.29, 1.82) is 0 Å². The first-order valence-electron chi connectivity index (χ1n) is 7.51. The van der Waals surface area contributed by atoms with Crippen molar-refractivity contribution < 1.29 is 14.7 Å². The van der Waals surface area contributed by atoms with Gasteiger partial charge in [0.25, 0.3) is 0 Å². The Hall–Kier alpha value is -2.04. The molecule has 114 valence electrons. The smallest absolute Gasteiger partial charge is 0.335 e. The van der Waals surface area contributed by atoms with Gasteiger partial charge in [0.1, 0.15) is 0 Å². The summed E-state index contributed by atoms with van der Waals surface area (Å²) in [5.41, 5.74) is 2.07. The molecule has 0 fully saturated rings. The molecule has 0 atom stereocenters. The van der Waals surface area contributed by atoms with Crippen molar-refractivity contribution in [3.8, 4) is 0 Å². The van der Waals surface area contributed by atoms with Crippen LogP contribution in [-0.4, -0.2) is 41.6 Å². The van der Waals surface area contributed by atoms with E-state index in [1.165, 1.54) is 0 Å². The summed E-state index contributed by atoms with van der Waals surface area (Å²) in [6.07, 6.45) is 2.59. The fourth-order valence-electron chi connectivity index (χ4n) is 2.75. The number of urea groups is 1. The second kappa shape index (κ2) is 6.61. The zero-order valence-corrected chi connectivity index (χ0v) is 12.6. The molecule has 0 saturated heterocycles. The number of fused-ring (bicyclic) bond motifs is 1. The van der Waals surface area contributed by atoms with Gasteiger partial charge in [-0.2, -0.15) is 0 Å². The number of hydrogen-bond acceptors (Lipinski definition) is 2. The maximum atomic E-state index is 12.6. The van der Waals surface area contributed by atoms with Gasteiger partial charge < -0.3 is 10.0 Å². The van der Waals surface area contributed by atoms with Gasteiger partial charge in [0, 0.05) is 25.3 Å². The highest BCUT2D eigenvalue weighted by atomic mass is 16.4. The first-order chi connectivity index (χ1) is 10.1. The number of amides is 2. The molecule has 0 unspecified atom stereocenters. The van der Waals surface area contributed by atoms with Crippen molar-refractivity contribution in [2.24, 2.45) is 0 Å². The number of aromatic carboxylic acids is 1. The minimum atomic E-state index is -0.929. The van der Waals surface area contributed by atoms with Crippen LogP contribution in [0.2, 0.25) is 0 Å². The van der Waals surface area contributed by atoms with Crippen molar-refractivity contribution in [2.75, 3.05) is 24.5 Å². The molecule has 1 aliphatic rings. The molecule has 1 aromatic carbocycles. The molecule has 0 aromatic heterocycles. The number of carboxylic acids is 1. The van der Waals surface area contributed by atoms with E-state index in [2.05, 4.69) is 13.8 Å². The Balaban J connectivity index is 2.21. The molecule has 0 radical (unpaired) electrons. The van der Waals surface area contributed by atoms with Crippen LogP contribution in [0, 0.1) is 0 Å². The Bertz CT molecular complexity index is 536. The molecule has 0 saturated carbocycles. The quantitative estimate of drug-likeness (QED) is 0.906. The average molecular weight is 290 g/mol. The summed E-state index contributed by atoms with van der Waals surface area (Å²) in [5, 5.41) is 9.03. The van der Waals surface area contributed by atoms with Gasteiger partial charge in [-0.25, -0.2) is 9.59 Å². The number of hydrogen-bond donors (Lipinski definition) is 1. The Morgan fingerprint density at radius 2 is 1.90 bits per heavy atom. The van der Waals surface area contributed by atoms with Crippen molar-refractivity contribution in [3.63, 3.8) is 0 Å². The van der Waals surface area contributed by atoms with Crippen LogP contribution in [0.3, 0.4) is 0 Å². The summed E-state index contributed by atoms with van der Waals surface area (Å²) in [7, 11) is 0. The number of benzene rings is 1. The van der Waals surface area contributed by atoms with E-state index in [1.807, 2.05) is 4.90 Å². The van der Waals surface area contributed by atoms with Crippen LogP contribution in [-0.2, 0) is 6.42 Å². The van der Waals surface area contributed by atoms with E-state index < -0.39 is 5.97 Å². The Morgan fingerprint density at radius 3 is 2.48 bits per heavy atom. The van der Waals surface area contributed by atoms with Crippen LogP contribution in [0.15, 0.2) is 18.2 Å². The summed E-state index contributed by atoms with van der Waals surface area (Å²) in [6.45, 7) is 6.26. The maximum absolute atomic E-state index is 12.6. The highest BCUT2D eigenvalue weighted by Gasteiger charge is 2.28. The third-order valence-corrected chi connectivity index (χ3v) is 3.71. The Morgan fingerprint density at radius 1 is 1.24 bits per heavy atom. The lowest BCUT2D eigenvalue weighted by molar-refractivity contribution is 0.0697. The molecular formula is C16H22N2O3.